The maximum atomic E-state index is 2.60. The van der Waals surface area contributed by atoms with Crippen LogP contribution in [0.3, 0.4) is 0 Å². The summed E-state index contributed by atoms with van der Waals surface area (Å²) < 4.78 is 5.28. The minimum atomic E-state index is 1.22. The van der Waals surface area contributed by atoms with E-state index in [0.717, 1.165) is 0 Å². The van der Waals surface area contributed by atoms with E-state index in [1.54, 1.807) is 0 Å². The van der Waals surface area contributed by atoms with Gasteiger partial charge >= 0.3 is 0 Å². The zero-order chi connectivity index (χ0) is 27.4. The second-order valence-electron chi connectivity index (χ2n) is 11.2. The summed E-state index contributed by atoms with van der Waals surface area (Å²) in [5.74, 6) is 0. The van der Waals surface area contributed by atoms with Crippen molar-refractivity contribution in [1.82, 2.24) is 4.57 Å². The summed E-state index contributed by atoms with van der Waals surface area (Å²) in [6, 6.07) is 51.4. The lowest BCUT2D eigenvalue weighted by molar-refractivity contribution is 1.21. The molecule has 0 aliphatic heterocycles. The van der Waals surface area contributed by atoms with Crippen LogP contribution in [0.2, 0.25) is 0 Å². The van der Waals surface area contributed by atoms with Gasteiger partial charge in [-0.15, -0.1) is 11.3 Å². The third-order valence-electron chi connectivity index (χ3n) is 9.12. The Balaban J connectivity index is 1.64. The summed E-state index contributed by atoms with van der Waals surface area (Å²) in [4.78, 5) is 0. The van der Waals surface area contributed by atoms with E-state index >= 15 is 0 Å². The third-order valence-corrected chi connectivity index (χ3v) is 10.3. The Hall–Kier alpha value is -5.18. The third kappa shape index (κ3) is 2.77. The van der Waals surface area contributed by atoms with Gasteiger partial charge < -0.3 is 4.57 Å². The second kappa shape index (κ2) is 8.19. The Labute approximate surface area is 245 Å². The number of rotatable bonds is 1. The van der Waals surface area contributed by atoms with E-state index in [2.05, 4.69) is 144 Å². The summed E-state index contributed by atoms with van der Waals surface area (Å²) in [7, 11) is 0. The van der Waals surface area contributed by atoms with Crippen molar-refractivity contribution in [3.05, 3.63) is 140 Å². The van der Waals surface area contributed by atoms with Gasteiger partial charge in [-0.1, -0.05) is 127 Å². The van der Waals surface area contributed by atoms with Crippen LogP contribution in [0.4, 0.5) is 0 Å². The lowest BCUT2D eigenvalue weighted by Crippen LogP contribution is -1.96. The first-order valence-corrected chi connectivity index (χ1v) is 15.3. The molecule has 0 saturated carbocycles. The molecule has 42 heavy (non-hydrogen) atoms. The minimum Gasteiger partial charge on any atom is -0.306 e. The van der Waals surface area contributed by atoms with Crippen LogP contribution in [0, 0.1) is 0 Å². The largest absolute Gasteiger partial charge is 0.306 e. The monoisotopic (exact) mass is 549 g/mol. The molecular formula is C40H23NS. The topological polar surface area (TPSA) is 4.93 Å². The summed E-state index contributed by atoms with van der Waals surface area (Å²) >= 11 is 1.93. The van der Waals surface area contributed by atoms with Crippen LogP contribution in [-0.4, -0.2) is 4.57 Å². The Morgan fingerprint density at radius 2 is 0.857 bits per heavy atom. The molecule has 0 unspecified atom stereocenters. The predicted octanol–water partition coefficient (Wildman–Crippen LogP) is 11.8. The number of benzene rings is 8. The number of aromatic nitrogens is 1. The van der Waals surface area contributed by atoms with Gasteiger partial charge in [0.15, 0.2) is 0 Å². The Morgan fingerprint density at radius 3 is 1.62 bits per heavy atom. The maximum Gasteiger partial charge on any atom is 0.0727 e. The van der Waals surface area contributed by atoms with E-state index in [0.29, 0.717) is 0 Å². The summed E-state index contributed by atoms with van der Waals surface area (Å²) in [5.41, 5.74) is 3.81. The molecule has 10 aromatic rings. The first-order chi connectivity index (χ1) is 20.9. The zero-order valence-electron chi connectivity index (χ0n) is 22.6. The Morgan fingerprint density at radius 1 is 0.357 bits per heavy atom. The van der Waals surface area contributed by atoms with E-state index in [4.69, 9.17) is 0 Å². The van der Waals surface area contributed by atoms with Crippen molar-refractivity contribution < 1.29 is 0 Å². The van der Waals surface area contributed by atoms with Crippen LogP contribution in [0.1, 0.15) is 0 Å². The van der Waals surface area contributed by atoms with Crippen molar-refractivity contribution in [3.8, 4) is 5.69 Å². The van der Waals surface area contributed by atoms with Crippen LogP contribution in [0.5, 0.6) is 0 Å². The van der Waals surface area contributed by atoms with Gasteiger partial charge in [-0.2, -0.15) is 0 Å². The van der Waals surface area contributed by atoms with Crippen molar-refractivity contribution in [2.75, 3.05) is 0 Å². The van der Waals surface area contributed by atoms with Gasteiger partial charge in [-0.05, 0) is 44.5 Å². The molecule has 0 aliphatic rings. The Bertz CT molecular complexity index is 2740. The van der Waals surface area contributed by atoms with E-state index in [1.165, 1.54) is 90.8 Å². The van der Waals surface area contributed by atoms with Gasteiger partial charge in [0.25, 0.3) is 0 Å². The molecule has 0 N–H and O–H groups in total. The molecule has 8 aromatic carbocycles. The molecule has 2 heterocycles. The molecule has 0 bridgehead atoms. The summed E-state index contributed by atoms with van der Waals surface area (Å²) in [5, 5.41) is 15.7. The number of hydrogen-bond acceptors (Lipinski definition) is 1. The van der Waals surface area contributed by atoms with Crippen LogP contribution < -0.4 is 0 Å². The fourth-order valence-electron chi connectivity index (χ4n) is 7.47. The van der Waals surface area contributed by atoms with Crippen LogP contribution in [0.25, 0.3) is 90.8 Å². The lowest BCUT2D eigenvalue weighted by Gasteiger charge is -2.14. The number of fused-ring (bicyclic) bond motifs is 16. The molecule has 0 atom stereocenters. The first kappa shape index (κ1) is 22.5. The zero-order valence-corrected chi connectivity index (χ0v) is 23.5. The average molecular weight is 550 g/mol. The van der Waals surface area contributed by atoms with Crippen molar-refractivity contribution in [3.63, 3.8) is 0 Å². The summed E-state index contributed by atoms with van der Waals surface area (Å²) in [6.45, 7) is 0. The van der Waals surface area contributed by atoms with E-state index in [9.17, 15) is 0 Å². The number of thiophene rings is 1. The lowest BCUT2D eigenvalue weighted by atomic mass is 9.94. The van der Waals surface area contributed by atoms with Crippen molar-refractivity contribution in [2.45, 2.75) is 0 Å². The second-order valence-corrected chi connectivity index (χ2v) is 12.3. The van der Waals surface area contributed by atoms with Crippen molar-refractivity contribution >= 4 is 96.4 Å². The highest BCUT2D eigenvalue weighted by molar-refractivity contribution is 7.27. The molecule has 0 saturated heterocycles. The fraction of sp³-hybridized carbons (Fsp3) is 0. The molecule has 0 amide bonds. The maximum absolute atomic E-state index is 2.60. The molecule has 0 fully saturated rings. The highest BCUT2D eigenvalue weighted by Gasteiger charge is 2.25. The van der Waals surface area contributed by atoms with E-state index in [-0.39, 0.29) is 0 Å². The average Bonchev–Trinajstić information content (AvgIpc) is 3.62. The van der Waals surface area contributed by atoms with Crippen molar-refractivity contribution in [1.29, 1.82) is 0 Å². The van der Waals surface area contributed by atoms with E-state index in [1.807, 2.05) is 11.3 Å². The van der Waals surface area contributed by atoms with Gasteiger partial charge in [0.05, 0.1) is 21.4 Å². The van der Waals surface area contributed by atoms with Gasteiger partial charge in [0.2, 0.25) is 0 Å². The minimum absolute atomic E-state index is 1.22. The Kier molecular flexibility index (Phi) is 4.39. The molecule has 0 radical (unpaired) electrons. The standard InChI is InChI=1S/C40H23NS/c1-2-14-25-24(12-1)13-11-22-33(25)41-38-31-20-8-4-16-27(31)26-15-3-5-17-28(26)36(38)37-30-19-7-6-18-29(30)35-32-21-9-10-23-34(32)42-40(35)39(37)41/h1-23H. The SMILES string of the molecule is c1ccc2c(-n3c4c5ccccc5c5ccccc5c4c4c5ccccc5c5c6ccccc6sc5c43)cccc2c1. The number of hydrogen-bond donors (Lipinski definition) is 0. The molecule has 1 nitrogen and oxygen atoms in total. The fourth-order valence-corrected chi connectivity index (χ4v) is 8.73. The smallest absolute Gasteiger partial charge is 0.0727 e. The highest BCUT2D eigenvalue weighted by Crippen LogP contribution is 2.51. The van der Waals surface area contributed by atoms with Crippen LogP contribution >= 0.6 is 11.3 Å². The molecule has 10 rings (SSSR count). The predicted molar refractivity (Wildman–Crippen MR) is 184 cm³/mol. The van der Waals surface area contributed by atoms with Gasteiger partial charge in [-0.3, -0.25) is 0 Å². The normalized spacial score (nSPS) is 12.3. The molecule has 0 aliphatic carbocycles. The molecule has 2 aromatic heterocycles. The quantitative estimate of drug-likeness (QED) is 0.179. The van der Waals surface area contributed by atoms with Gasteiger partial charge in [-0.25, -0.2) is 0 Å². The highest BCUT2D eigenvalue weighted by atomic mass is 32.1. The molecule has 0 spiro atoms. The first-order valence-electron chi connectivity index (χ1n) is 14.5. The van der Waals surface area contributed by atoms with Gasteiger partial charge in [0.1, 0.15) is 0 Å². The van der Waals surface area contributed by atoms with Gasteiger partial charge in [0, 0.05) is 37.0 Å². The van der Waals surface area contributed by atoms with Crippen LogP contribution in [0.15, 0.2) is 140 Å². The van der Waals surface area contributed by atoms with E-state index < -0.39 is 0 Å². The number of nitrogens with zero attached hydrogens (tertiary/aromatic N) is 1. The van der Waals surface area contributed by atoms with Crippen LogP contribution in [-0.2, 0) is 0 Å². The molecule has 2 heteroatoms. The molecule has 194 valence electrons. The molecular weight excluding hydrogens is 527 g/mol. The summed E-state index contributed by atoms with van der Waals surface area (Å²) in [6.07, 6.45) is 0. The van der Waals surface area contributed by atoms with Crippen molar-refractivity contribution in [2.24, 2.45) is 0 Å².